The number of morpholine rings is 1. The zero-order chi connectivity index (χ0) is 21.2. The monoisotopic (exact) mass is 416 g/mol. The Morgan fingerprint density at radius 2 is 1.81 bits per heavy atom. The SMILES string of the molecule is Cc1ccc([C@H]2C=C(c3ccccc3)N(CC(=O)N3CCOCC3)c3nnnn32)cc1. The molecule has 3 heterocycles. The second kappa shape index (κ2) is 8.31. The summed E-state index contributed by atoms with van der Waals surface area (Å²) in [5, 5.41) is 12.5. The summed E-state index contributed by atoms with van der Waals surface area (Å²) in [7, 11) is 0. The fraction of sp³-hybridized carbons (Fsp3) is 0.304. The number of amides is 1. The van der Waals surface area contributed by atoms with Crippen molar-refractivity contribution in [1.29, 1.82) is 0 Å². The summed E-state index contributed by atoms with van der Waals surface area (Å²) < 4.78 is 7.17. The van der Waals surface area contributed by atoms with E-state index >= 15 is 0 Å². The van der Waals surface area contributed by atoms with Crippen molar-refractivity contribution in [2.24, 2.45) is 0 Å². The molecule has 2 aromatic carbocycles. The molecule has 2 aliphatic heterocycles. The molecule has 8 nitrogen and oxygen atoms in total. The second-order valence-corrected chi connectivity index (χ2v) is 7.78. The van der Waals surface area contributed by atoms with Crippen LogP contribution in [0.15, 0.2) is 60.7 Å². The topological polar surface area (TPSA) is 76.4 Å². The number of carbonyl (C=O) groups is 1. The lowest BCUT2D eigenvalue weighted by molar-refractivity contribution is -0.133. The molecule has 5 rings (SSSR count). The Morgan fingerprint density at radius 1 is 1.06 bits per heavy atom. The van der Waals surface area contributed by atoms with Gasteiger partial charge in [-0.25, -0.2) is 0 Å². The van der Waals surface area contributed by atoms with Gasteiger partial charge in [0.2, 0.25) is 5.91 Å². The largest absolute Gasteiger partial charge is 0.378 e. The van der Waals surface area contributed by atoms with Crippen LogP contribution in [-0.2, 0) is 9.53 Å². The predicted octanol–water partition coefficient (Wildman–Crippen LogP) is 2.29. The van der Waals surface area contributed by atoms with Gasteiger partial charge in [-0.2, -0.15) is 4.68 Å². The lowest BCUT2D eigenvalue weighted by Gasteiger charge is -2.34. The lowest BCUT2D eigenvalue weighted by Crippen LogP contribution is -2.46. The van der Waals surface area contributed by atoms with Gasteiger partial charge in [0.1, 0.15) is 12.6 Å². The van der Waals surface area contributed by atoms with Gasteiger partial charge >= 0.3 is 0 Å². The molecule has 0 N–H and O–H groups in total. The Balaban J connectivity index is 1.55. The van der Waals surface area contributed by atoms with Crippen LogP contribution in [0.2, 0.25) is 0 Å². The maximum atomic E-state index is 13.1. The number of fused-ring (bicyclic) bond motifs is 1. The number of aromatic nitrogens is 4. The first kappa shape index (κ1) is 19.4. The van der Waals surface area contributed by atoms with E-state index in [1.165, 1.54) is 5.56 Å². The van der Waals surface area contributed by atoms with Gasteiger partial charge in [0, 0.05) is 13.1 Å². The molecule has 0 radical (unpaired) electrons. The van der Waals surface area contributed by atoms with Crippen molar-refractivity contribution in [3.8, 4) is 0 Å². The first-order valence-corrected chi connectivity index (χ1v) is 10.5. The van der Waals surface area contributed by atoms with Crippen LogP contribution in [0.4, 0.5) is 5.95 Å². The number of anilines is 1. The summed E-state index contributed by atoms with van der Waals surface area (Å²) in [6.45, 7) is 4.59. The third-order valence-corrected chi connectivity index (χ3v) is 5.73. The molecule has 31 heavy (non-hydrogen) atoms. The van der Waals surface area contributed by atoms with Crippen LogP contribution in [0.5, 0.6) is 0 Å². The van der Waals surface area contributed by atoms with Gasteiger partial charge in [-0.3, -0.25) is 9.69 Å². The van der Waals surface area contributed by atoms with Crippen molar-refractivity contribution < 1.29 is 9.53 Å². The Hall–Kier alpha value is -3.52. The molecule has 0 saturated carbocycles. The first-order chi connectivity index (χ1) is 15.2. The fourth-order valence-electron chi connectivity index (χ4n) is 4.03. The number of allylic oxidation sites excluding steroid dienone is 1. The highest BCUT2D eigenvalue weighted by Gasteiger charge is 2.33. The molecular weight excluding hydrogens is 392 g/mol. The minimum atomic E-state index is -0.157. The van der Waals surface area contributed by atoms with Crippen molar-refractivity contribution in [2.45, 2.75) is 13.0 Å². The summed E-state index contributed by atoms with van der Waals surface area (Å²) in [5.74, 6) is 0.599. The Bertz CT molecular complexity index is 1090. The van der Waals surface area contributed by atoms with Crippen molar-refractivity contribution in [1.82, 2.24) is 25.1 Å². The third kappa shape index (κ3) is 3.82. The smallest absolute Gasteiger partial charge is 0.251 e. The van der Waals surface area contributed by atoms with Crippen LogP contribution in [0.3, 0.4) is 0 Å². The molecule has 1 atom stereocenters. The third-order valence-electron chi connectivity index (χ3n) is 5.73. The van der Waals surface area contributed by atoms with Gasteiger partial charge < -0.3 is 9.64 Å². The van der Waals surface area contributed by atoms with Crippen LogP contribution in [0, 0.1) is 6.92 Å². The van der Waals surface area contributed by atoms with Gasteiger partial charge in [-0.1, -0.05) is 65.3 Å². The Morgan fingerprint density at radius 3 is 2.55 bits per heavy atom. The summed E-state index contributed by atoms with van der Waals surface area (Å²) in [6.07, 6.45) is 2.13. The number of rotatable bonds is 4. The molecule has 1 aromatic heterocycles. The zero-order valence-corrected chi connectivity index (χ0v) is 17.4. The van der Waals surface area contributed by atoms with E-state index in [1.807, 2.05) is 40.1 Å². The fourth-order valence-corrected chi connectivity index (χ4v) is 4.03. The minimum Gasteiger partial charge on any atom is -0.378 e. The molecule has 0 bridgehead atoms. The van der Waals surface area contributed by atoms with Gasteiger partial charge in [0.25, 0.3) is 5.95 Å². The van der Waals surface area contributed by atoms with Crippen LogP contribution >= 0.6 is 0 Å². The molecule has 3 aromatic rings. The average molecular weight is 416 g/mol. The van der Waals surface area contributed by atoms with E-state index < -0.39 is 0 Å². The van der Waals surface area contributed by atoms with E-state index in [9.17, 15) is 4.79 Å². The molecule has 8 heteroatoms. The van der Waals surface area contributed by atoms with Gasteiger partial charge in [-0.15, -0.1) is 0 Å². The van der Waals surface area contributed by atoms with E-state index in [4.69, 9.17) is 4.74 Å². The van der Waals surface area contributed by atoms with Crippen molar-refractivity contribution in [3.05, 3.63) is 77.4 Å². The van der Waals surface area contributed by atoms with Gasteiger partial charge in [0.15, 0.2) is 0 Å². The lowest BCUT2D eigenvalue weighted by atomic mass is 10.00. The maximum absolute atomic E-state index is 13.1. The van der Waals surface area contributed by atoms with Crippen LogP contribution in [0.25, 0.3) is 5.70 Å². The van der Waals surface area contributed by atoms with Crippen molar-refractivity contribution in [2.75, 3.05) is 37.7 Å². The van der Waals surface area contributed by atoms with Crippen LogP contribution in [-0.4, -0.2) is 63.9 Å². The highest BCUT2D eigenvalue weighted by molar-refractivity contribution is 5.89. The van der Waals surface area contributed by atoms with Crippen LogP contribution in [0.1, 0.15) is 22.7 Å². The van der Waals surface area contributed by atoms with Crippen molar-refractivity contribution in [3.63, 3.8) is 0 Å². The standard InChI is InChI=1S/C23H24N6O2/c1-17-7-9-19(10-8-17)21-15-20(18-5-3-2-4-6-18)28(23-24-25-26-29(21)23)16-22(30)27-11-13-31-14-12-27/h2-10,15,21H,11-14,16H2,1H3/t21-/m1/s1. The first-order valence-electron chi connectivity index (χ1n) is 10.5. The van der Waals surface area contributed by atoms with E-state index in [2.05, 4.69) is 52.8 Å². The number of benzene rings is 2. The molecule has 0 unspecified atom stereocenters. The number of aryl methyl sites for hydroxylation is 1. The summed E-state index contributed by atoms with van der Waals surface area (Å²) in [4.78, 5) is 16.8. The second-order valence-electron chi connectivity index (χ2n) is 7.78. The molecule has 158 valence electrons. The number of hydrogen-bond donors (Lipinski definition) is 0. The average Bonchev–Trinajstić information content (AvgIpc) is 3.31. The number of hydrogen-bond acceptors (Lipinski definition) is 6. The molecular formula is C23H24N6O2. The highest BCUT2D eigenvalue weighted by Crippen LogP contribution is 2.36. The normalized spacial score (nSPS) is 18.5. The Labute approximate surface area is 180 Å². The van der Waals surface area contributed by atoms with Gasteiger partial charge in [0.05, 0.1) is 18.9 Å². The minimum absolute atomic E-state index is 0.0356. The number of carbonyl (C=O) groups excluding carboxylic acids is 1. The highest BCUT2D eigenvalue weighted by atomic mass is 16.5. The quantitative estimate of drug-likeness (QED) is 0.650. The molecule has 0 aliphatic carbocycles. The summed E-state index contributed by atoms with van der Waals surface area (Å²) >= 11 is 0. The number of nitrogens with zero attached hydrogens (tertiary/aromatic N) is 6. The molecule has 2 aliphatic rings. The Kier molecular flexibility index (Phi) is 5.21. The molecule has 1 saturated heterocycles. The van der Waals surface area contributed by atoms with Crippen LogP contribution < -0.4 is 4.90 Å². The maximum Gasteiger partial charge on any atom is 0.251 e. The number of tetrazole rings is 1. The van der Waals surface area contributed by atoms with E-state index in [1.54, 1.807) is 4.68 Å². The zero-order valence-electron chi connectivity index (χ0n) is 17.4. The molecule has 0 spiro atoms. The van der Waals surface area contributed by atoms with E-state index in [-0.39, 0.29) is 18.5 Å². The van der Waals surface area contributed by atoms with E-state index in [0.717, 1.165) is 16.8 Å². The van der Waals surface area contributed by atoms with Crippen molar-refractivity contribution >= 4 is 17.6 Å². The summed E-state index contributed by atoms with van der Waals surface area (Å²) in [6, 6.07) is 18.3. The molecule has 1 fully saturated rings. The van der Waals surface area contributed by atoms with E-state index in [0.29, 0.717) is 32.3 Å². The summed E-state index contributed by atoms with van der Waals surface area (Å²) in [5.41, 5.74) is 4.23. The number of ether oxygens (including phenoxy) is 1. The molecule has 1 amide bonds. The van der Waals surface area contributed by atoms with Gasteiger partial charge in [-0.05, 0) is 34.6 Å². The predicted molar refractivity (Wildman–Crippen MR) is 116 cm³/mol.